The third-order valence-corrected chi connectivity index (χ3v) is 8.08. The fourth-order valence-electron chi connectivity index (χ4n) is 5.96. The summed E-state index contributed by atoms with van der Waals surface area (Å²) in [6, 6.07) is 42.1. The standard InChI is InChI=1S/C39H34N4O.Pt/c1-26(2)32-17-12-18-33(27(3)4)38(32)43-35-20-7-6-19-34(35)40-39(43)28-13-10-15-30(23-28)44-31-16-11-14-29(24-31)42-25-41(5)36-21-8-9-22-37(36)42;/h6-22,26-27H,1-5H3;/q-2;. The first kappa shape index (κ1) is 30.6. The Kier molecular flexibility index (Phi) is 8.48. The van der Waals surface area contributed by atoms with Crippen LogP contribution in [0.5, 0.6) is 11.5 Å². The first-order chi connectivity index (χ1) is 21.4. The summed E-state index contributed by atoms with van der Waals surface area (Å²) in [6.45, 7) is 9.00. The Labute approximate surface area is 279 Å². The largest absolute Gasteiger partial charge is 0.504 e. The molecule has 0 radical (unpaired) electrons. The minimum atomic E-state index is 0. The van der Waals surface area contributed by atoms with Crippen LogP contribution in [0.2, 0.25) is 0 Å². The molecule has 0 atom stereocenters. The van der Waals surface area contributed by atoms with Gasteiger partial charge in [-0.05, 0) is 35.1 Å². The zero-order valence-electron chi connectivity index (χ0n) is 26.0. The summed E-state index contributed by atoms with van der Waals surface area (Å²) in [7, 11) is 2.00. The Morgan fingerprint density at radius 3 is 2.04 bits per heavy atom. The summed E-state index contributed by atoms with van der Waals surface area (Å²) in [5.74, 6) is 2.73. The molecular weight excluding hydrogens is 736 g/mol. The third kappa shape index (κ3) is 5.62. The number of hydrogen-bond donors (Lipinski definition) is 0. The van der Waals surface area contributed by atoms with Crippen molar-refractivity contribution in [3.63, 3.8) is 0 Å². The Morgan fingerprint density at radius 2 is 1.31 bits per heavy atom. The van der Waals surface area contributed by atoms with Crippen molar-refractivity contribution in [3.05, 3.63) is 133 Å². The van der Waals surface area contributed by atoms with E-state index >= 15 is 0 Å². The fourth-order valence-corrected chi connectivity index (χ4v) is 5.96. The minimum absolute atomic E-state index is 0. The van der Waals surface area contributed by atoms with Gasteiger partial charge in [0.05, 0.1) is 34.9 Å². The van der Waals surface area contributed by atoms with Gasteiger partial charge in [0.1, 0.15) is 0 Å². The summed E-state index contributed by atoms with van der Waals surface area (Å²) < 4.78 is 12.7. The van der Waals surface area contributed by atoms with Gasteiger partial charge in [0.2, 0.25) is 6.33 Å². The molecule has 0 amide bonds. The number of imidazole rings is 2. The molecule has 7 rings (SSSR count). The number of aryl methyl sites for hydroxylation is 1. The Balaban J connectivity index is 0.00000357. The minimum Gasteiger partial charge on any atom is -0.504 e. The molecule has 5 nitrogen and oxygen atoms in total. The van der Waals surface area contributed by atoms with E-state index in [2.05, 4.69) is 105 Å². The number of aromatic nitrogens is 4. The van der Waals surface area contributed by atoms with Crippen LogP contribution in [0.1, 0.15) is 50.7 Å². The molecule has 228 valence electrons. The van der Waals surface area contributed by atoms with Crippen LogP contribution in [-0.2, 0) is 28.1 Å². The van der Waals surface area contributed by atoms with Crippen molar-refractivity contribution in [2.24, 2.45) is 7.05 Å². The first-order valence-electron chi connectivity index (χ1n) is 15.1. The Morgan fingerprint density at radius 1 is 0.689 bits per heavy atom. The van der Waals surface area contributed by atoms with Gasteiger partial charge in [-0.3, -0.25) is 4.98 Å². The van der Waals surface area contributed by atoms with Crippen LogP contribution < -0.4 is 9.30 Å². The van der Waals surface area contributed by atoms with Crippen LogP contribution in [0.3, 0.4) is 0 Å². The number of hydrogen-bond acceptors (Lipinski definition) is 2. The van der Waals surface area contributed by atoms with Crippen molar-refractivity contribution in [2.45, 2.75) is 39.5 Å². The van der Waals surface area contributed by atoms with Crippen LogP contribution in [0.15, 0.2) is 103 Å². The zero-order valence-corrected chi connectivity index (χ0v) is 28.3. The molecule has 5 aromatic carbocycles. The van der Waals surface area contributed by atoms with Crippen molar-refractivity contribution in [1.29, 1.82) is 0 Å². The normalized spacial score (nSPS) is 11.4. The molecule has 0 saturated carbocycles. The van der Waals surface area contributed by atoms with Crippen LogP contribution in [0, 0.1) is 18.5 Å². The van der Waals surface area contributed by atoms with E-state index in [4.69, 9.17) is 9.72 Å². The molecule has 2 heterocycles. The van der Waals surface area contributed by atoms with Gasteiger partial charge in [0.15, 0.2) is 0 Å². The van der Waals surface area contributed by atoms with Crippen LogP contribution in [-0.4, -0.2) is 14.1 Å². The zero-order chi connectivity index (χ0) is 30.4. The Hall–Kier alpha value is -4.47. The van der Waals surface area contributed by atoms with Gasteiger partial charge in [-0.2, -0.15) is 12.1 Å². The number of ether oxygens (including phenoxy) is 1. The van der Waals surface area contributed by atoms with Crippen LogP contribution in [0.4, 0.5) is 0 Å². The second kappa shape index (κ2) is 12.5. The van der Waals surface area contributed by atoms with Gasteiger partial charge in [-0.1, -0.05) is 94.0 Å². The van der Waals surface area contributed by atoms with Gasteiger partial charge >= 0.3 is 0 Å². The average molecular weight is 770 g/mol. The number of nitrogens with zero attached hydrogens (tertiary/aromatic N) is 4. The molecule has 0 aliphatic rings. The quantitative estimate of drug-likeness (QED) is 0.120. The van der Waals surface area contributed by atoms with Gasteiger partial charge < -0.3 is 18.4 Å². The van der Waals surface area contributed by atoms with E-state index < -0.39 is 0 Å². The summed E-state index contributed by atoms with van der Waals surface area (Å²) in [5.41, 5.74) is 9.66. The maximum atomic E-state index is 6.38. The topological polar surface area (TPSA) is 35.9 Å². The van der Waals surface area contributed by atoms with E-state index in [1.807, 2.05) is 64.7 Å². The summed E-state index contributed by atoms with van der Waals surface area (Å²) in [4.78, 5) is 5.15. The van der Waals surface area contributed by atoms with E-state index in [0.29, 0.717) is 23.3 Å². The number of rotatable bonds is 7. The number of fused-ring (bicyclic) bond motifs is 2. The molecule has 6 heteroatoms. The molecule has 2 aromatic heterocycles. The summed E-state index contributed by atoms with van der Waals surface area (Å²) in [6.07, 6.45) is 3.38. The smallest absolute Gasteiger partial charge is 0.242 e. The molecule has 0 N–H and O–H groups in total. The van der Waals surface area contributed by atoms with Crippen molar-refractivity contribution in [3.8, 4) is 34.3 Å². The second-order valence-electron chi connectivity index (χ2n) is 11.8. The van der Waals surface area contributed by atoms with Gasteiger partial charge in [0.25, 0.3) is 0 Å². The van der Waals surface area contributed by atoms with Crippen LogP contribution >= 0.6 is 0 Å². The summed E-state index contributed by atoms with van der Waals surface area (Å²) in [5, 5.41) is 0. The van der Waals surface area contributed by atoms with E-state index in [1.54, 1.807) is 0 Å². The molecular formula is C39H34N4OPt-2. The maximum Gasteiger partial charge on any atom is 0.242 e. The van der Waals surface area contributed by atoms with Crippen molar-refractivity contribution < 1.29 is 30.4 Å². The number of benzene rings is 5. The summed E-state index contributed by atoms with van der Waals surface area (Å²) >= 11 is 0. The monoisotopic (exact) mass is 769 g/mol. The SMILES string of the molecule is CC(C)c1cccc(C(C)C)c1-n1c(-c2[c-]c(Oc3[c-]c(-[n+]4[c-]n(C)c5ccccc54)ccc3)ccc2)nc2ccccc21.[Pt]. The molecule has 0 fully saturated rings. The average Bonchev–Trinajstić information content (AvgIpc) is 3.59. The van der Waals surface area contributed by atoms with Gasteiger partial charge in [-0.25, -0.2) is 0 Å². The fraction of sp³-hybridized carbons (Fsp3) is 0.179. The molecule has 0 bridgehead atoms. The van der Waals surface area contributed by atoms with E-state index in [-0.39, 0.29) is 21.1 Å². The van der Waals surface area contributed by atoms with E-state index in [9.17, 15) is 0 Å². The second-order valence-corrected chi connectivity index (χ2v) is 11.8. The molecule has 0 saturated heterocycles. The van der Waals surface area contributed by atoms with Crippen molar-refractivity contribution in [1.82, 2.24) is 14.1 Å². The molecule has 7 aromatic rings. The maximum absolute atomic E-state index is 6.38. The molecule has 45 heavy (non-hydrogen) atoms. The predicted molar refractivity (Wildman–Crippen MR) is 176 cm³/mol. The molecule has 0 spiro atoms. The van der Waals surface area contributed by atoms with Gasteiger partial charge in [-0.15, -0.1) is 35.9 Å². The van der Waals surface area contributed by atoms with Crippen molar-refractivity contribution in [2.75, 3.05) is 0 Å². The molecule has 0 aliphatic carbocycles. The van der Waals surface area contributed by atoms with Crippen LogP contribution in [0.25, 0.3) is 44.8 Å². The molecule has 0 unspecified atom stereocenters. The predicted octanol–water partition coefficient (Wildman–Crippen LogP) is 8.90. The van der Waals surface area contributed by atoms with E-state index in [0.717, 1.165) is 39.1 Å². The first-order valence-corrected chi connectivity index (χ1v) is 15.1. The van der Waals surface area contributed by atoms with Gasteiger partial charge in [0, 0.05) is 38.3 Å². The molecule has 0 aliphatic heterocycles. The number of para-hydroxylation sites is 5. The third-order valence-electron chi connectivity index (χ3n) is 8.08. The van der Waals surface area contributed by atoms with Crippen molar-refractivity contribution >= 4 is 22.1 Å². The van der Waals surface area contributed by atoms with E-state index in [1.165, 1.54) is 16.8 Å². The Bertz CT molecular complexity index is 2110.